The molecule has 2 saturated heterocycles. The van der Waals surface area contributed by atoms with Gasteiger partial charge in [0, 0.05) is 31.2 Å². The largest absolute Gasteiger partial charge is 0.497 e. The maximum absolute atomic E-state index is 12.5. The number of hydrogen-bond donors (Lipinski definition) is 1. The molecule has 0 saturated carbocycles. The van der Waals surface area contributed by atoms with Crippen LogP contribution >= 0.6 is 0 Å². The van der Waals surface area contributed by atoms with Crippen LogP contribution in [0.4, 0.5) is 5.69 Å². The number of hydrogen-bond acceptors (Lipinski definition) is 3. The second kappa shape index (κ2) is 6.06. The molecule has 114 valence electrons. The zero-order chi connectivity index (χ0) is 14.8. The molecule has 4 nitrogen and oxygen atoms in total. The summed E-state index contributed by atoms with van der Waals surface area (Å²) in [4.78, 5) is 14.2. The zero-order valence-electron chi connectivity index (χ0n) is 12.8. The number of nitrogens with one attached hydrogen (secondary N) is 1. The molecule has 1 aromatic rings. The van der Waals surface area contributed by atoms with Crippen molar-refractivity contribution in [2.75, 3.05) is 19.1 Å². The van der Waals surface area contributed by atoms with E-state index in [2.05, 4.69) is 5.32 Å². The first kappa shape index (κ1) is 14.4. The Bertz CT molecular complexity index is 488. The molecule has 3 rings (SSSR count). The lowest BCUT2D eigenvalue weighted by Crippen LogP contribution is -2.40. The molecular weight excluding hydrogens is 264 g/mol. The standard InChI is InChI=1S/C17H24N2O2/c1-19(15-5-7-16(21-2)8-6-15)17(20)11-12-9-13-3-4-14(10-12)18-13/h5-8,12-14,18H,3-4,9-11H2,1-2H3. The number of carbonyl (C=O) groups excluding carboxylic acids is 1. The Hall–Kier alpha value is -1.55. The molecule has 2 heterocycles. The van der Waals surface area contributed by atoms with Crippen LogP contribution < -0.4 is 15.0 Å². The lowest BCUT2D eigenvalue weighted by atomic mass is 9.89. The van der Waals surface area contributed by atoms with Gasteiger partial charge in [-0.25, -0.2) is 0 Å². The summed E-state index contributed by atoms with van der Waals surface area (Å²) in [6.07, 6.45) is 5.53. The second-order valence-electron chi connectivity index (χ2n) is 6.33. The summed E-state index contributed by atoms with van der Waals surface area (Å²) in [5, 5.41) is 3.63. The van der Waals surface area contributed by atoms with Crippen LogP contribution in [0.1, 0.15) is 32.1 Å². The Balaban J connectivity index is 1.59. The molecule has 2 bridgehead atoms. The summed E-state index contributed by atoms with van der Waals surface area (Å²) < 4.78 is 5.15. The highest BCUT2D eigenvalue weighted by atomic mass is 16.5. The lowest BCUT2D eigenvalue weighted by molar-refractivity contribution is -0.119. The number of carbonyl (C=O) groups is 1. The Morgan fingerprint density at radius 1 is 1.24 bits per heavy atom. The molecule has 0 spiro atoms. The SMILES string of the molecule is COc1ccc(N(C)C(=O)CC2CC3CCC(C2)N3)cc1. The van der Waals surface area contributed by atoms with Crippen molar-refractivity contribution in [3.8, 4) is 5.75 Å². The molecule has 0 aliphatic carbocycles. The molecule has 1 aromatic carbocycles. The van der Waals surface area contributed by atoms with E-state index >= 15 is 0 Å². The molecule has 0 aromatic heterocycles. The highest BCUT2D eigenvalue weighted by Crippen LogP contribution is 2.33. The highest BCUT2D eigenvalue weighted by Gasteiger charge is 2.34. The lowest BCUT2D eigenvalue weighted by Gasteiger charge is -2.30. The van der Waals surface area contributed by atoms with Crippen LogP contribution in [0.15, 0.2) is 24.3 Å². The molecule has 2 unspecified atom stereocenters. The van der Waals surface area contributed by atoms with Crippen molar-refractivity contribution in [1.82, 2.24) is 5.32 Å². The second-order valence-corrected chi connectivity index (χ2v) is 6.33. The van der Waals surface area contributed by atoms with E-state index in [-0.39, 0.29) is 5.91 Å². The van der Waals surface area contributed by atoms with Crippen LogP contribution in [0, 0.1) is 5.92 Å². The van der Waals surface area contributed by atoms with Crippen molar-refractivity contribution < 1.29 is 9.53 Å². The van der Waals surface area contributed by atoms with Crippen molar-refractivity contribution in [2.24, 2.45) is 5.92 Å². The van der Waals surface area contributed by atoms with Gasteiger partial charge in [0.25, 0.3) is 0 Å². The third-order valence-electron chi connectivity index (χ3n) is 4.87. The van der Waals surface area contributed by atoms with Gasteiger partial charge < -0.3 is 15.0 Å². The van der Waals surface area contributed by atoms with Gasteiger partial charge in [0.1, 0.15) is 5.75 Å². The molecule has 4 heteroatoms. The van der Waals surface area contributed by atoms with E-state index < -0.39 is 0 Å². The number of nitrogens with zero attached hydrogens (tertiary/aromatic N) is 1. The molecule has 1 N–H and O–H groups in total. The molecule has 2 aliphatic rings. The maximum Gasteiger partial charge on any atom is 0.226 e. The fraction of sp³-hybridized carbons (Fsp3) is 0.588. The van der Waals surface area contributed by atoms with Crippen molar-refractivity contribution >= 4 is 11.6 Å². The van der Waals surface area contributed by atoms with Gasteiger partial charge in [-0.2, -0.15) is 0 Å². The first-order valence-electron chi connectivity index (χ1n) is 7.82. The number of fused-ring (bicyclic) bond motifs is 2. The number of methoxy groups -OCH3 is 1. The third-order valence-corrected chi connectivity index (χ3v) is 4.87. The highest BCUT2D eigenvalue weighted by molar-refractivity contribution is 5.93. The van der Waals surface area contributed by atoms with Crippen molar-refractivity contribution in [1.29, 1.82) is 0 Å². The van der Waals surface area contributed by atoms with Crippen LogP contribution in [0.5, 0.6) is 5.75 Å². The number of anilines is 1. The quantitative estimate of drug-likeness (QED) is 0.926. The van der Waals surface area contributed by atoms with E-state index in [1.165, 1.54) is 12.8 Å². The average molecular weight is 288 g/mol. The number of piperidine rings is 1. The van der Waals surface area contributed by atoms with Crippen LogP contribution in [-0.2, 0) is 4.79 Å². The smallest absolute Gasteiger partial charge is 0.226 e. The Labute approximate surface area is 126 Å². The summed E-state index contributed by atoms with van der Waals surface area (Å²) in [7, 11) is 3.51. The van der Waals surface area contributed by atoms with Gasteiger partial charge in [0.05, 0.1) is 7.11 Å². The van der Waals surface area contributed by atoms with E-state index in [9.17, 15) is 4.79 Å². The molecule has 21 heavy (non-hydrogen) atoms. The predicted octanol–water partition coefficient (Wildman–Crippen LogP) is 2.58. The molecule has 0 radical (unpaired) electrons. The van der Waals surface area contributed by atoms with E-state index in [0.29, 0.717) is 24.4 Å². The Morgan fingerprint density at radius 3 is 2.43 bits per heavy atom. The van der Waals surface area contributed by atoms with E-state index in [1.54, 1.807) is 12.0 Å². The minimum Gasteiger partial charge on any atom is -0.497 e. The fourth-order valence-electron chi connectivity index (χ4n) is 3.68. The molecular formula is C17H24N2O2. The van der Waals surface area contributed by atoms with Crippen molar-refractivity contribution in [3.05, 3.63) is 24.3 Å². The minimum absolute atomic E-state index is 0.214. The van der Waals surface area contributed by atoms with Gasteiger partial charge >= 0.3 is 0 Å². The predicted molar refractivity (Wildman–Crippen MR) is 83.7 cm³/mol. The normalized spacial score (nSPS) is 27.4. The Kier molecular flexibility index (Phi) is 4.15. The third kappa shape index (κ3) is 3.21. The van der Waals surface area contributed by atoms with Gasteiger partial charge in [-0.15, -0.1) is 0 Å². The topological polar surface area (TPSA) is 41.6 Å². The van der Waals surface area contributed by atoms with Crippen molar-refractivity contribution in [2.45, 2.75) is 44.2 Å². The van der Waals surface area contributed by atoms with Crippen LogP contribution in [-0.4, -0.2) is 32.1 Å². The molecule has 2 fully saturated rings. The first-order chi connectivity index (χ1) is 10.2. The number of benzene rings is 1. The summed E-state index contributed by atoms with van der Waals surface area (Å²) >= 11 is 0. The summed E-state index contributed by atoms with van der Waals surface area (Å²) in [5.74, 6) is 1.57. The minimum atomic E-state index is 0.214. The van der Waals surface area contributed by atoms with Crippen LogP contribution in [0.2, 0.25) is 0 Å². The van der Waals surface area contributed by atoms with Gasteiger partial charge in [-0.3, -0.25) is 4.79 Å². The molecule has 2 atom stereocenters. The van der Waals surface area contributed by atoms with E-state index in [1.807, 2.05) is 31.3 Å². The maximum atomic E-state index is 12.5. The summed E-state index contributed by atoms with van der Waals surface area (Å²) in [5.41, 5.74) is 0.928. The summed E-state index contributed by atoms with van der Waals surface area (Å²) in [6.45, 7) is 0. The average Bonchev–Trinajstić information content (AvgIpc) is 2.85. The van der Waals surface area contributed by atoms with Gasteiger partial charge in [0.15, 0.2) is 0 Å². The Morgan fingerprint density at radius 2 is 1.86 bits per heavy atom. The summed E-state index contributed by atoms with van der Waals surface area (Å²) in [6, 6.07) is 8.94. The van der Waals surface area contributed by atoms with Gasteiger partial charge in [0.2, 0.25) is 5.91 Å². The van der Waals surface area contributed by atoms with Crippen LogP contribution in [0.25, 0.3) is 0 Å². The monoisotopic (exact) mass is 288 g/mol. The fourth-order valence-corrected chi connectivity index (χ4v) is 3.68. The van der Waals surface area contributed by atoms with Gasteiger partial charge in [-0.05, 0) is 55.9 Å². The van der Waals surface area contributed by atoms with Crippen LogP contribution in [0.3, 0.4) is 0 Å². The number of amides is 1. The number of ether oxygens (including phenoxy) is 1. The first-order valence-corrected chi connectivity index (χ1v) is 7.82. The zero-order valence-corrected chi connectivity index (χ0v) is 12.8. The molecule has 1 amide bonds. The van der Waals surface area contributed by atoms with E-state index in [4.69, 9.17) is 4.74 Å². The van der Waals surface area contributed by atoms with E-state index in [0.717, 1.165) is 24.3 Å². The van der Waals surface area contributed by atoms with Crippen molar-refractivity contribution in [3.63, 3.8) is 0 Å². The molecule has 2 aliphatic heterocycles. The number of rotatable bonds is 4. The van der Waals surface area contributed by atoms with Gasteiger partial charge in [-0.1, -0.05) is 0 Å².